The van der Waals surface area contributed by atoms with E-state index in [2.05, 4.69) is 10.2 Å². The van der Waals surface area contributed by atoms with Crippen LogP contribution in [0.1, 0.15) is 20.3 Å². The highest BCUT2D eigenvalue weighted by Crippen LogP contribution is 2.10. The summed E-state index contributed by atoms with van der Waals surface area (Å²) in [7, 11) is -1.39. The van der Waals surface area contributed by atoms with E-state index in [0.29, 0.717) is 12.2 Å². The van der Waals surface area contributed by atoms with Gasteiger partial charge in [-0.05, 0) is 13.3 Å². The number of aromatic nitrogens is 3. The number of carbonyl (C=O) groups is 1. The zero-order valence-corrected chi connectivity index (χ0v) is 9.99. The fourth-order valence-electron chi connectivity index (χ4n) is 1.07. The summed E-state index contributed by atoms with van der Waals surface area (Å²) in [5.41, 5.74) is 5.46. The van der Waals surface area contributed by atoms with Gasteiger partial charge in [0.2, 0.25) is 11.1 Å². The molecule has 0 radical (unpaired) electrons. The van der Waals surface area contributed by atoms with Gasteiger partial charge in [-0.3, -0.25) is 4.21 Å². The van der Waals surface area contributed by atoms with Gasteiger partial charge < -0.3 is 10.5 Å². The minimum absolute atomic E-state index is 0.0396. The number of ether oxygens (including phenoxy) is 1. The van der Waals surface area contributed by atoms with E-state index in [1.807, 2.05) is 6.92 Å². The van der Waals surface area contributed by atoms with Gasteiger partial charge in [0.1, 0.15) is 0 Å². The fourth-order valence-corrected chi connectivity index (χ4v) is 2.12. The standard InChI is InChI=1S/C8H14N4O3S/c1-3-5-16(14)7-11-10-6(9)12(7)8(13)15-4-2/h3-5H2,1-2H3,(H2,9,10). The monoisotopic (exact) mass is 246 g/mol. The highest BCUT2D eigenvalue weighted by Gasteiger charge is 2.21. The van der Waals surface area contributed by atoms with Crippen molar-refractivity contribution in [3.63, 3.8) is 0 Å². The molecule has 0 aromatic carbocycles. The summed E-state index contributed by atoms with van der Waals surface area (Å²) in [6.07, 6.45) is 0.00631. The van der Waals surface area contributed by atoms with E-state index in [-0.39, 0.29) is 17.7 Å². The van der Waals surface area contributed by atoms with Crippen LogP contribution in [0.5, 0.6) is 0 Å². The van der Waals surface area contributed by atoms with Gasteiger partial charge in [-0.2, -0.15) is 4.57 Å². The highest BCUT2D eigenvalue weighted by atomic mass is 32.2. The minimum atomic E-state index is -1.39. The summed E-state index contributed by atoms with van der Waals surface area (Å²) >= 11 is 0. The smallest absolute Gasteiger partial charge is 0.423 e. The molecule has 1 atom stereocenters. The normalized spacial score (nSPS) is 12.4. The maximum Gasteiger partial charge on any atom is 0.423 e. The van der Waals surface area contributed by atoms with Crippen molar-refractivity contribution in [1.82, 2.24) is 14.8 Å². The molecule has 0 saturated heterocycles. The molecule has 0 aliphatic carbocycles. The molecule has 0 fully saturated rings. The topological polar surface area (TPSA) is 100 Å². The van der Waals surface area contributed by atoms with Crippen LogP contribution < -0.4 is 5.73 Å². The summed E-state index contributed by atoms with van der Waals surface area (Å²) in [5.74, 6) is 0.287. The summed E-state index contributed by atoms with van der Waals surface area (Å²) in [6.45, 7) is 3.75. The lowest BCUT2D eigenvalue weighted by atomic mass is 10.6. The van der Waals surface area contributed by atoms with E-state index in [4.69, 9.17) is 10.5 Å². The molecule has 0 aliphatic rings. The van der Waals surface area contributed by atoms with Crippen LogP contribution in [0.3, 0.4) is 0 Å². The van der Waals surface area contributed by atoms with E-state index in [1.165, 1.54) is 0 Å². The number of nitrogens with two attached hydrogens (primary N) is 1. The lowest BCUT2D eigenvalue weighted by Crippen LogP contribution is -2.20. The predicted octanol–water partition coefficient (Wildman–Crippen LogP) is 0.382. The Morgan fingerprint density at radius 3 is 2.75 bits per heavy atom. The van der Waals surface area contributed by atoms with Crippen LogP contribution in [-0.4, -0.2) is 37.4 Å². The Balaban J connectivity index is 3.02. The Kier molecular flexibility index (Phi) is 4.41. The molecule has 0 spiro atoms. The first-order valence-electron chi connectivity index (χ1n) is 4.88. The Hall–Kier alpha value is -1.44. The molecule has 2 N–H and O–H groups in total. The zero-order valence-electron chi connectivity index (χ0n) is 9.17. The van der Waals surface area contributed by atoms with Gasteiger partial charge in [0.25, 0.3) is 0 Å². The van der Waals surface area contributed by atoms with Crippen LogP contribution in [0.25, 0.3) is 0 Å². The van der Waals surface area contributed by atoms with Gasteiger partial charge in [-0.15, -0.1) is 10.2 Å². The molecule has 0 saturated carbocycles. The molecular formula is C8H14N4O3S. The van der Waals surface area contributed by atoms with Crippen LogP contribution in [-0.2, 0) is 15.5 Å². The van der Waals surface area contributed by atoms with Crippen LogP contribution in [0.4, 0.5) is 10.7 Å². The molecular weight excluding hydrogens is 232 g/mol. The van der Waals surface area contributed by atoms with Gasteiger partial charge >= 0.3 is 6.09 Å². The highest BCUT2D eigenvalue weighted by molar-refractivity contribution is 7.84. The van der Waals surface area contributed by atoms with E-state index < -0.39 is 16.9 Å². The maximum atomic E-state index is 11.7. The largest absolute Gasteiger partial charge is 0.449 e. The first-order valence-corrected chi connectivity index (χ1v) is 6.20. The molecule has 7 nitrogen and oxygen atoms in total. The van der Waals surface area contributed by atoms with Gasteiger partial charge in [0.05, 0.1) is 17.4 Å². The quantitative estimate of drug-likeness (QED) is 0.824. The zero-order chi connectivity index (χ0) is 12.1. The number of hydrogen-bond acceptors (Lipinski definition) is 6. The molecule has 1 heterocycles. The van der Waals surface area contributed by atoms with Crippen LogP contribution in [0.15, 0.2) is 5.16 Å². The SMILES string of the molecule is CCCS(=O)c1nnc(N)n1C(=O)OCC. The average molecular weight is 246 g/mol. The number of nitrogen functional groups attached to an aromatic ring is 1. The average Bonchev–Trinajstić information content (AvgIpc) is 2.61. The second-order valence-corrected chi connectivity index (χ2v) is 4.39. The van der Waals surface area contributed by atoms with Gasteiger partial charge in [0.15, 0.2) is 0 Å². The Bertz CT molecular complexity index is 404. The number of carbonyl (C=O) groups excluding carboxylic acids is 1. The molecule has 1 rings (SSSR count). The summed E-state index contributed by atoms with van der Waals surface area (Å²) in [4.78, 5) is 11.5. The number of hydrogen-bond donors (Lipinski definition) is 1. The number of nitrogens with zero attached hydrogens (tertiary/aromatic N) is 3. The Morgan fingerprint density at radius 1 is 1.50 bits per heavy atom. The van der Waals surface area contributed by atoms with Crippen molar-refractivity contribution < 1.29 is 13.7 Å². The van der Waals surface area contributed by atoms with Crippen molar-refractivity contribution in [2.45, 2.75) is 25.4 Å². The van der Waals surface area contributed by atoms with Gasteiger partial charge in [0, 0.05) is 5.75 Å². The van der Waals surface area contributed by atoms with Crippen molar-refractivity contribution in [2.75, 3.05) is 18.1 Å². The number of rotatable bonds is 4. The van der Waals surface area contributed by atoms with Crippen LogP contribution in [0.2, 0.25) is 0 Å². The third-order valence-corrected chi connectivity index (χ3v) is 3.15. The fraction of sp³-hybridized carbons (Fsp3) is 0.625. The van der Waals surface area contributed by atoms with Crippen molar-refractivity contribution in [2.24, 2.45) is 0 Å². The molecule has 90 valence electrons. The first-order chi connectivity index (χ1) is 7.61. The van der Waals surface area contributed by atoms with E-state index in [1.54, 1.807) is 6.92 Å². The van der Waals surface area contributed by atoms with Crippen LogP contribution in [0, 0.1) is 0 Å². The Labute approximate surface area is 95.4 Å². The van der Waals surface area contributed by atoms with Crippen molar-refractivity contribution in [3.05, 3.63) is 0 Å². The third kappa shape index (κ3) is 2.57. The molecule has 16 heavy (non-hydrogen) atoms. The van der Waals surface area contributed by atoms with E-state index in [0.717, 1.165) is 4.57 Å². The molecule has 0 aliphatic heterocycles. The van der Waals surface area contributed by atoms with Crippen molar-refractivity contribution in [1.29, 1.82) is 0 Å². The second kappa shape index (κ2) is 5.59. The molecule has 1 aromatic rings. The first kappa shape index (κ1) is 12.6. The van der Waals surface area contributed by atoms with Crippen molar-refractivity contribution in [3.8, 4) is 0 Å². The predicted molar refractivity (Wildman–Crippen MR) is 58.4 cm³/mol. The van der Waals surface area contributed by atoms with Crippen molar-refractivity contribution >= 4 is 22.8 Å². The molecule has 1 aromatic heterocycles. The summed E-state index contributed by atoms with van der Waals surface area (Å²) in [6, 6.07) is 0. The lowest BCUT2D eigenvalue weighted by Gasteiger charge is -2.05. The minimum Gasteiger partial charge on any atom is -0.449 e. The lowest BCUT2D eigenvalue weighted by molar-refractivity contribution is 0.152. The summed E-state index contributed by atoms with van der Waals surface area (Å²) < 4.78 is 17.4. The van der Waals surface area contributed by atoms with E-state index in [9.17, 15) is 9.00 Å². The van der Waals surface area contributed by atoms with Gasteiger partial charge in [-0.25, -0.2) is 4.79 Å². The molecule has 8 heteroatoms. The molecule has 0 bridgehead atoms. The summed E-state index contributed by atoms with van der Waals surface area (Å²) in [5, 5.41) is 7.18. The maximum absolute atomic E-state index is 11.7. The van der Waals surface area contributed by atoms with Crippen LogP contribution >= 0.6 is 0 Å². The second-order valence-electron chi connectivity index (χ2n) is 2.92. The third-order valence-electron chi connectivity index (χ3n) is 1.70. The number of anilines is 1. The molecule has 1 unspecified atom stereocenters. The molecule has 0 amide bonds. The van der Waals surface area contributed by atoms with E-state index >= 15 is 0 Å². The Morgan fingerprint density at radius 2 is 2.19 bits per heavy atom. The van der Waals surface area contributed by atoms with Gasteiger partial charge in [-0.1, -0.05) is 6.92 Å².